The fraction of sp³-hybridized carbons (Fsp3) is 0. The number of benzene rings is 7. The van der Waals surface area contributed by atoms with Gasteiger partial charge in [-0.15, -0.1) is 0 Å². The first-order chi connectivity index (χ1) is 19.8. The van der Waals surface area contributed by atoms with Gasteiger partial charge in [0.25, 0.3) is 0 Å². The molecular formula is C39H25N. The molecule has 8 aromatic rings. The lowest BCUT2D eigenvalue weighted by atomic mass is 9.84. The van der Waals surface area contributed by atoms with Gasteiger partial charge in [-0.1, -0.05) is 115 Å². The summed E-state index contributed by atoms with van der Waals surface area (Å²) < 4.78 is 0. The van der Waals surface area contributed by atoms with Crippen LogP contribution in [0.1, 0.15) is 0 Å². The molecule has 1 heterocycles. The highest BCUT2D eigenvalue weighted by Gasteiger charge is 2.18. The highest BCUT2D eigenvalue weighted by Crippen LogP contribution is 2.45. The Morgan fingerprint density at radius 3 is 1.43 bits per heavy atom. The summed E-state index contributed by atoms with van der Waals surface area (Å²) in [7, 11) is 0. The van der Waals surface area contributed by atoms with E-state index in [1.54, 1.807) is 0 Å². The van der Waals surface area contributed by atoms with Gasteiger partial charge >= 0.3 is 0 Å². The SMILES string of the molecule is c1ccc(-c2ccc3c(-c4ccc5ccccc5c4)c4ccccc4c(-c4ccc5ccccc5c4)c3c2)nc1. The average Bonchev–Trinajstić information content (AvgIpc) is 3.03. The minimum Gasteiger partial charge on any atom is -0.256 e. The molecule has 0 saturated heterocycles. The van der Waals surface area contributed by atoms with Crippen molar-refractivity contribution in [3.8, 4) is 33.5 Å². The van der Waals surface area contributed by atoms with Gasteiger partial charge in [0.15, 0.2) is 0 Å². The summed E-state index contributed by atoms with van der Waals surface area (Å²) in [5, 5.41) is 10.0. The van der Waals surface area contributed by atoms with Crippen LogP contribution in [0.3, 0.4) is 0 Å². The largest absolute Gasteiger partial charge is 0.256 e. The van der Waals surface area contributed by atoms with Gasteiger partial charge in [0, 0.05) is 11.8 Å². The van der Waals surface area contributed by atoms with Gasteiger partial charge in [0.2, 0.25) is 0 Å². The van der Waals surface area contributed by atoms with Crippen molar-refractivity contribution in [2.75, 3.05) is 0 Å². The van der Waals surface area contributed by atoms with Crippen LogP contribution >= 0.6 is 0 Å². The lowest BCUT2D eigenvalue weighted by molar-refractivity contribution is 1.33. The van der Waals surface area contributed by atoms with Crippen molar-refractivity contribution < 1.29 is 0 Å². The van der Waals surface area contributed by atoms with Crippen molar-refractivity contribution in [1.29, 1.82) is 0 Å². The summed E-state index contributed by atoms with van der Waals surface area (Å²) in [4.78, 5) is 4.68. The Labute approximate surface area is 233 Å². The fourth-order valence-electron chi connectivity index (χ4n) is 6.18. The number of aromatic nitrogens is 1. The van der Waals surface area contributed by atoms with Crippen molar-refractivity contribution in [2.24, 2.45) is 0 Å². The molecule has 0 aliphatic carbocycles. The zero-order valence-electron chi connectivity index (χ0n) is 21.9. The normalized spacial score (nSPS) is 11.5. The molecule has 0 bridgehead atoms. The molecule has 0 radical (unpaired) electrons. The zero-order valence-corrected chi connectivity index (χ0v) is 21.9. The summed E-state index contributed by atoms with van der Waals surface area (Å²) in [5.74, 6) is 0. The first kappa shape index (κ1) is 22.7. The highest BCUT2D eigenvalue weighted by molar-refractivity contribution is 6.22. The number of pyridine rings is 1. The third kappa shape index (κ3) is 3.67. The minimum atomic E-state index is 0.981. The monoisotopic (exact) mass is 507 g/mol. The summed E-state index contributed by atoms with van der Waals surface area (Å²) in [5.41, 5.74) is 7.09. The van der Waals surface area contributed by atoms with E-state index in [0.29, 0.717) is 0 Å². The summed E-state index contributed by atoms with van der Waals surface area (Å²) in [6.45, 7) is 0. The molecule has 0 saturated carbocycles. The first-order valence-corrected chi connectivity index (χ1v) is 13.7. The Balaban J connectivity index is 1.51. The smallest absolute Gasteiger partial charge is 0.0702 e. The Kier molecular flexibility index (Phi) is 5.21. The van der Waals surface area contributed by atoms with Crippen LogP contribution in [-0.4, -0.2) is 4.98 Å². The maximum atomic E-state index is 4.68. The fourth-order valence-corrected chi connectivity index (χ4v) is 6.18. The van der Waals surface area contributed by atoms with Crippen LogP contribution in [-0.2, 0) is 0 Å². The Bertz CT molecular complexity index is 2210. The predicted molar refractivity (Wildman–Crippen MR) is 171 cm³/mol. The van der Waals surface area contributed by atoms with E-state index in [9.17, 15) is 0 Å². The van der Waals surface area contributed by atoms with Crippen LogP contribution in [0.15, 0.2) is 152 Å². The van der Waals surface area contributed by atoms with Crippen LogP contribution in [0.2, 0.25) is 0 Å². The predicted octanol–water partition coefficient (Wildman–Crippen LogP) is 10.7. The molecule has 1 nitrogen and oxygen atoms in total. The molecule has 0 amide bonds. The molecule has 8 rings (SSSR count). The molecule has 1 heteroatoms. The van der Waals surface area contributed by atoms with Crippen molar-refractivity contribution >= 4 is 43.1 Å². The number of fused-ring (bicyclic) bond motifs is 4. The van der Waals surface area contributed by atoms with Crippen molar-refractivity contribution in [3.63, 3.8) is 0 Å². The molecule has 186 valence electrons. The van der Waals surface area contributed by atoms with Crippen LogP contribution in [0, 0.1) is 0 Å². The van der Waals surface area contributed by atoms with Gasteiger partial charge in [-0.05, 0) is 95.7 Å². The lowest BCUT2D eigenvalue weighted by Gasteiger charge is -2.19. The van der Waals surface area contributed by atoms with Gasteiger partial charge < -0.3 is 0 Å². The molecule has 0 unspecified atom stereocenters. The topological polar surface area (TPSA) is 12.9 Å². The Morgan fingerprint density at radius 1 is 0.325 bits per heavy atom. The number of rotatable bonds is 3. The van der Waals surface area contributed by atoms with E-state index in [0.717, 1.165) is 11.3 Å². The summed E-state index contributed by atoms with van der Waals surface area (Å²) in [6, 6.07) is 52.7. The van der Waals surface area contributed by atoms with E-state index in [4.69, 9.17) is 0 Å². The van der Waals surface area contributed by atoms with E-state index in [1.807, 2.05) is 12.3 Å². The second kappa shape index (κ2) is 9.18. The molecule has 0 aliphatic rings. The van der Waals surface area contributed by atoms with E-state index in [1.165, 1.54) is 65.3 Å². The molecule has 1 aromatic heterocycles. The average molecular weight is 508 g/mol. The Hall–Kier alpha value is -5.27. The molecule has 40 heavy (non-hydrogen) atoms. The zero-order chi connectivity index (χ0) is 26.5. The van der Waals surface area contributed by atoms with E-state index >= 15 is 0 Å². The third-order valence-electron chi connectivity index (χ3n) is 8.06. The van der Waals surface area contributed by atoms with Gasteiger partial charge in [0.05, 0.1) is 5.69 Å². The van der Waals surface area contributed by atoms with Crippen LogP contribution in [0.4, 0.5) is 0 Å². The van der Waals surface area contributed by atoms with E-state index in [-0.39, 0.29) is 0 Å². The summed E-state index contributed by atoms with van der Waals surface area (Å²) in [6.07, 6.45) is 1.87. The Morgan fingerprint density at radius 2 is 0.825 bits per heavy atom. The lowest BCUT2D eigenvalue weighted by Crippen LogP contribution is -1.92. The van der Waals surface area contributed by atoms with Gasteiger partial charge in [-0.25, -0.2) is 0 Å². The maximum Gasteiger partial charge on any atom is 0.0702 e. The second-order valence-corrected chi connectivity index (χ2v) is 10.4. The summed E-state index contributed by atoms with van der Waals surface area (Å²) >= 11 is 0. The van der Waals surface area contributed by atoms with E-state index < -0.39 is 0 Å². The van der Waals surface area contributed by atoms with E-state index in [2.05, 4.69) is 145 Å². The molecule has 0 fully saturated rings. The quantitative estimate of drug-likeness (QED) is 0.217. The maximum absolute atomic E-state index is 4.68. The van der Waals surface area contributed by atoms with Crippen molar-refractivity contribution in [1.82, 2.24) is 4.98 Å². The second-order valence-electron chi connectivity index (χ2n) is 10.4. The molecule has 0 aliphatic heterocycles. The molecule has 0 spiro atoms. The molecule has 0 atom stereocenters. The number of nitrogens with zero attached hydrogens (tertiary/aromatic N) is 1. The standard InChI is InChI=1S/C39H25N/c1-3-11-28-23-31(18-16-26(28)9-1)38-33-13-5-6-14-34(33)39(32-19-17-27-10-2-4-12-29(27)24-32)36-25-30(20-21-35(36)38)37-15-7-8-22-40-37/h1-25H. The minimum absolute atomic E-state index is 0.981. The number of hydrogen-bond acceptors (Lipinski definition) is 1. The first-order valence-electron chi connectivity index (χ1n) is 13.7. The number of hydrogen-bond donors (Lipinski definition) is 0. The molecular weight excluding hydrogens is 482 g/mol. The van der Waals surface area contributed by atoms with Gasteiger partial charge in [-0.3, -0.25) is 4.98 Å². The highest BCUT2D eigenvalue weighted by atomic mass is 14.7. The van der Waals surface area contributed by atoms with Crippen LogP contribution in [0.5, 0.6) is 0 Å². The third-order valence-corrected chi connectivity index (χ3v) is 8.06. The van der Waals surface area contributed by atoms with Crippen molar-refractivity contribution in [3.05, 3.63) is 152 Å². The molecule has 7 aromatic carbocycles. The van der Waals surface area contributed by atoms with Gasteiger partial charge in [0.1, 0.15) is 0 Å². The van der Waals surface area contributed by atoms with Gasteiger partial charge in [-0.2, -0.15) is 0 Å². The van der Waals surface area contributed by atoms with Crippen LogP contribution in [0.25, 0.3) is 76.6 Å². The van der Waals surface area contributed by atoms with Crippen LogP contribution < -0.4 is 0 Å². The molecule has 0 N–H and O–H groups in total. The van der Waals surface area contributed by atoms with Crippen molar-refractivity contribution in [2.45, 2.75) is 0 Å².